The summed E-state index contributed by atoms with van der Waals surface area (Å²) in [5.41, 5.74) is 2.42. The molecule has 2 aromatic rings. The molecule has 7 nitrogen and oxygen atoms in total. The molecule has 2 aliphatic rings. The maximum atomic E-state index is 13.0. The van der Waals surface area contributed by atoms with E-state index in [2.05, 4.69) is 10.2 Å². The number of hydrogen-bond acceptors (Lipinski definition) is 5. The van der Waals surface area contributed by atoms with Crippen molar-refractivity contribution in [3.63, 3.8) is 0 Å². The predicted octanol–water partition coefficient (Wildman–Crippen LogP) is 3.83. The molecule has 0 bridgehead atoms. The molecule has 33 heavy (non-hydrogen) atoms. The van der Waals surface area contributed by atoms with Crippen LogP contribution < -0.4 is 10.2 Å². The van der Waals surface area contributed by atoms with Gasteiger partial charge in [-0.25, -0.2) is 8.42 Å². The lowest BCUT2D eigenvalue weighted by molar-refractivity contribution is -0.120. The standard InChI is InChI=1S/C24H28ClN3O4S/c25-21-6-7-23(27-13-15-32-16-14-27)22(18-21)26-24(29)20-8-11-28(12-9-20)33(30,31)17-10-19-4-2-1-3-5-19/h1-7,10,17-18,20H,8-9,11-16H2,(H,26,29). The molecule has 0 aliphatic carbocycles. The third-order valence-electron chi connectivity index (χ3n) is 5.98. The molecule has 1 N–H and O–H groups in total. The number of benzene rings is 2. The molecule has 4 rings (SSSR count). The summed E-state index contributed by atoms with van der Waals surface area (Å²) in [6.45, 7) is 3.40. The number of sulfonamides is 1. The van der Waals surface area contributed by atoms with Crippen molar-refractivity contribution in [2.45, 2.75) is 12.8 Å². The molecule has 2 saturated heterocycles. The fraction of sp³-hybridized carbons (Fsp3) is 0.375. The van der Waals surface area contributed by atoms with Gasteiger partial charge in [-0.1, -0.05) is 41.9 Å². The highest BCUT2D eigenvalue weighted by molar-refractivity contribution is 7.92. The molecule has 0 spiro atoms. The number of morpholine rings is 1. The Bertz CT molecular complexity index is 1090. The van der Waals surface area contributed by atoms with Crippen LogP contribution in [0.2, 0.25) is 5.02 Å². The Balaban J connectivity index is 1.37. The van der Waals surface area contributed by atoms with Crippen LogP contribution in [0.3, 0.4) is 0 Å². The van der Waals surface area contributed by atoms with Crippen LogP contribution in [0.5, 0.6) is 0 Å². The molecule has 2 heterocycles. The van der Waals surface area contributed by atoms with E-state index in [1.807, 2.05) is 42.5 Å². The van der Waals surface area contributed by atoms with Crippen molar-refractivity contribution in [2.24, 2.45) is 5.92 Å². The summed E-state index contributed by atoms with van der Waals surface area (Å²) in [5.74, 6) is -0.366. The average Bonchev–Trinajstić information content (AvgIpc) is 2.84. The number of carbonyl (C=O) groups excluding carboxylic acids is 1. The average molecular weight is 490 g/mol. The molecule has 0 aromatic heterocycles. The number of anilines is 2. The van der Waals surface area contributed by atoms with E-state index in [0.29, 0.717) is 49.9 Å². The van der Waals surface area contributed by atoms with Gasteiger partial charge in [0.1, 0.15) is 0 Å². The fourth-order valence-corrected chi connectivity index (χ4v) is 5.50. The lowest BCUT2D eigenvalue weighted by Crippen LogP contribution is -2.41. The van der Waals surface area contributed by atoms with Crippen LogP contribution in [0.1, 0.15) is 18.4 Å². The van der Waals surface area contributed by atoms with Crippen LogP contribution in [0, 0.1) is 5.92 Å². The topological polar surface area (TPSA) is 79.0 Å². The van der Waals surface area contributed by atoms with Crippen molar-refractivity contribution in [1.82, 2.24) is 4.31 Å². The highest BCUT2D eigenvalue weighted by Crippen LogP contribution is 2.31. The Hall–Kier alpha value is -2.39. The van der Waals surface area contributed by atoms with Crippen molar-refractivity contribution in [3.8, 4) is 0 Å². The minimum Gasteiger partial charge on any atom is -0.378 e. The number of nitrogens with zero attached hydrogens (tertiary/aromatic N) is 2. The molecular formula is C24H28ClN3O4S. The van der Waals surface area contributed by atoms with Gasteiger partial charge in [-0.3, -0.25) is 4.79 Å². The van der Waals surface area contributed by atoms with E-state index in [1.54, 1.807) is 12.1 Å². The molecule has 2 aliphatic heterocycles. The summed E-state index contributed by atoms with van der Waals surface area (Å²) in [6, 6.07) is 14.8. The van der Waals surface area contributed by atoms with E-state index in [1.165, 1.54) is 9.71 Å². The van der Waals surface area contributed by atoms with Gasteiger partial charge in [-0.05, 0) is 42.7 Å². The number of carbonyl (C=O) groups is 1. The lowest BCUT2D eigenvalue weighted by atomic mass is 9.97. The first kappa shape index (κ1) is 23.8. The van der Waals surface area contributed by atoms with Gasteiger partial charge in [0.25, 0.3) is 0 Å². The normalized spacial score (nSPS) is 18.5. The molecule has 2 fully saturated rings. The molecule has 0 saturated carbocycles. The first-order chi connectivity index (χ1) is 15.9. The van der Waals surface area contributed by atoms with E-state index in [-0.39, 0.29) is 11.8 Å². The molecule has 0 atom stereocenters. The van der Waals surface area contributed by atoms with E-state index < -0.39 is 10.0 Å². The second kappa shape index (κ2) is 10.7. The van der Waals surface area contributed by atoms with Crippen LogP contribution in [0.4, 0.5) is 11.4 Å². The Morgan fingerprint density at radius 1 is 1.03 bits per heavy atom. The Morgan fingerprint density at radius 2 is 1.73 bits per heavy atom. The molecule has 1 amide bonds. The van der Waals surface area contributed by atoms with Gasteiger partial charge in [0, 0.05) is 42.5 Å². The van der Waals surface area contributed by atoms with Crippen molar-refractivity contribution in [2.75, 3.05) is 49.6 Å². The van der Waals surface area contributed by atoms with Gasteiger partial charge >= 0.3 is 0 Å². The van der Waals surface area contributed by atoms with E-state index in [0.717, 1.165) is 24.3 Å². The van der Waals surface area contributed by atoms with Crippen molar-refractivity contribution >= 4 is 45.0 Å². The zero-order valence-corrected chi connectivity index (χ0v) is 19.9. The van der Waals surface area contributed by atoms with E-state index >= 15 is 0 Å². The first-order valence-electron chi connectivity index (χ1n) is 11.1. The summed E-state index contributed by atoms with van der Waals surface area (Å²) in [5, 5.41) is 4.82. The molecule has 0 radical (unpaired) electrons. The summed E-state index contributed by atoms with van der Waals surface area (Å²) >= 11 is 6.19. The molecule has 176 valence electrons. The summed E-state index contributed by atoms with van der Waals surface area (Å²) in [6.07, 6.45) is 2.54. The summed E-state index contributed by atoms with van der Waals surface area (Å²) in [4.78, 5) is 15.2. The number of hydrogen-bond donors (Lipinski definition) is 1. The second-order valence-electron chi connectivity index (χ2n) is 8.18. The van der Waals surface area contributed by atoms with Gasteiger partial charge in [0.2, 0.25) is 15.9 Å². The van der Waals surface area contributed by atoms with Crippen molar-refractivity contribution < 1.29 is 17.9 Å². The zero-order chi connectivity index (χ0) is 23.3. The van der Waals surface area contributed by atoms with E-state index in [4.69, 9.17) is 16.3 Å². The molecular weight excluding hydrogens is 462 g/mol. The monoisotopic (exact) mass is 489 g/mol. The highest BCUT2D eigenvalue weighted by atomic mass is 35.5. The third kappa shape index (κ3) is 6.14. The number of rotatable bonds is 6. The molecule has 9 heteroatoms. The summed E-state index contributed by atoms with van der Waals surface area (Å²) < 4.78 is 32.3. The number of nitrogens with one attached hydrogen (secondary N) is 1. The zero-order valence-electron chi connectivity index (χ0n) is 18.3. The third-order valence-corrected chi connectivity index (χ3v) is 7.78. The quantitative estimate of drug-likeness (QED) is 0.667. The maximum absolute atomic E-state index is 13.0. The molecule has 0 unspecified atom stereocenters. The SMILES string of the molecule is O=C(Nc1cc(Cl)ccc1N1CCOCC1)C1CCN(S(=O)(=O)C=Cc2ccccc2)CC1. The number of piperidine rings is 1. The van der Waals surface area contributed by atoms with Gasteiger partial charge < -0.3 is 15.0 Å². The van der Waals surface area contributed by atoms with Crippen LogP contribution in [0.15, 0.2) is 53.9 Å². The van der Waals surface area contributed by atoms with Crippen LogP contribution in [-0.2, 0) is 19.6 Å². The van der Waals surface area contributed by atoms with Gasteiger partial charge in [0.05, 0.1) is 24.6 Å². The Labute approximate surface area is 200 Å². The van der Waals surface area contributed by atoms with Crippen molar-refractivity contribution in [1.29, 1.82) is 0 Å². The van der Waals surface area contributed by atoms with Gasteiger partial charge in [-0.15, -0.1) is 0 Å². The minimum absolute atomic E-state index is 0.108. The summed E-state index contributed by atoms with van der Waals surface area (Å²) in [7, 11) is -3.53. The maximum Gasteiger partial charge on any atom is 0.236 e. The first-order valence-corrected chi connectivity index (χ1v) is 13.0. The van der Waals surface area contributed by atoms with Gasteiger partial charge in [-0.2, -0.15) is 4.31 Å². The minimum atomic E-state index is -3.53. The number of ether oxygens (including phenoxy) is 1. The number of amides is 1. The second-order valence-corrected chi connectivity index (χ2v) is 10.4. The largest absolute Gasteiger partial charge is 0.378 e. The van der Waals surface area contributed by atoms with E-state index in [9.17, 15) is 13.2 Å². The number of halogens is 1. The van der Waals surface area contributed by atoms with Crippen molar-refractivity contribution in [3.05, 3.63) is 64.5 Å². The van der Waals surface area contributed by atoms with Crippen LogP contribution in [0.25, 0.3) is 6.08 Å². The smallest absolute Gasteiger partial charge is 0.236 e. The predicted molar refractivity (Wildman–Crippen MR) is 132 cm³/mol. The Kier molecular flexibility index (Phi) is 7.70. The fourth-order valence-electron chi connectivity index (χ4n) is 4.11. The highest BCUT2D eigenvalue weighted by Gasteiger charge is 2.30. The van der Waals surface area contributed by atoms with Gasteiger partial charge in [0.15, 0.2) is 0 Å². The Morgan fingerprint density at radius 3 is 2.42 bits per heavy atom. The lowest BCUT2D eigenvalue weighted by Gasteiger charge is -2.32. The molecule has 2 aromatic carbocycles. The van der Waals surface area contributed by atoms with Crippen LogP contribution >= 0.6 is 11.6 Å². The van der Waals surface area contributed by atoms with Crippen LogP contribution in [-0.4, -0.2) is 58.0 Å².